The molecule has 0 aliphatic carbocycles. The molecule has 2 N–H and O–H groups in total. The van der Waals surface area contributed by atoms with E-state index in [4.69, 9.17) is 9.47 Å². The van der Waals surface area contributed by atoms with Crippen LogP contribution in [0.2, 0.25) is 0 Å². The van der Waals surface area contributed by atoms with Crippen molar-refractivity contribution in [3.63, 3.8) is 0 Å². The van der Waals surface area contributed by atoms with Gasteiger partial charge in [0.05, 0.1) is 20.8 Å². The van der Waals surface area contributed by atoms with E-state index in [1.165, 1.54) is 0 Å². The lowest BCUT2D eigenvalue weighted by atomic mass is 10.2. The molecular weight excluding hydrogens is 369 g/mol. The summed E-state index contributed by atoms with van der Waals surface area (Å²) in [6.07, 6.45) is -4.43. The maximum absolute atomic E-state index is 12.6. The van der Waals surface area contributed by atoms with E-state index in [1.54, 1.807) is 27.3 Å². The molecule has 0 amide bonds. The molecule has 0 unspecified atom stereocenters. The normalized spacial score (nSPS) is 12.0. The first kappa shape index (κ1) is 19.8. The van der Waals surface area contributed by atoms with Crippen molar-refractivity contribution in [3.8, 4) is 11.5 Å². The number of aromatic nitrogens is 1. The first-order valence-corrected chi connectivity index (χ1v) is 8.42. The number of thiazole rings is 1. The first-order chi connectivity index (χ1) is 12.4. The van der Waals surface area contributed by atoms with E-state index in [9.17, 15) is 13.2 Å². The van der Waals surface area contributed by atoms with Crippen molar-refractivity contribution in [2.45, 2.75) is 19.3 Å². The lowest BCUT2D eigenvalue weighted by Crippen LogP contribution is -2.36. The van der Waals surface area contributed by atoms with Crippen molar-refractivity contribution in [2.75, 3.05) is 21.3 Å². The second-order valence-electron chi connectivity index (χ2n) is 5.09. The predicted molar refractivity (Wildman–Crippen MR) is 93.7 cm³/mol. The second kappa shape index (κ2) is 8.75. The molecule has 0 saturated heterocycles. The fourth-order valence-electron chi connectivity index (χ4n) is 2.08. The molecule has 1 aromatic heterocycles. The van der Waals surface area contributed by atoms with E-state index in [2.05, 4.69) is 20.6 Å². The molecule has 1 heterocycles. The number of rotatable bonds is 6. The van der Waals surface area contributed by atoms with Gasteiger partial charge in [0.2, 0.25) is 0 Å². The number of ether oxygens (including phenoxy) is 2. The second-order valence-corrected chi connectivity index (χ2v) is 6.04. The molecule has 142 valence electrons. The Morgan fingerprint density at radius 2 is 1.85 bits per heavy atom. The molecule has 0 fully saturated rings. The zero-order valence-electron chi connectivity index (χ0n) is 14.5. The van der Waals surface area contributed by atoms with Gasteiger partial charge in [-0.05, 0) is 17.7 Å². The number of aliphatic imine (C=N–C) groups is 1. The zero-order chi connectivity index (χ0) is 19.2. The minimum Gasteiger partial charge on any atom is -0.493 e. The van der Waals surface area contributed by atoms with Crippen LogP contribution >= 0.6 is 11.3 Å². The fourth-order valence-corrected chi connectivity index (χ4v) is 2.82. The fraction of sp³-hybridized carbons (Fsp3) is 0.375. The molecule has 0 aliphatic heterocycles. The standard InChI is InChI=1S/C16H19F3N4O2S/c1-20-15(22-8-14-23-13(9-26-14)16(17,18)19)21-7-10-4-5-11(24-2)12(6-10)25-3/h4-6,9H,7-8H2,1-3H3,(H2,20,21,22). The summed E-state index contributed by atoms with van der Waals surface area (Å²) < 4.78 is 48.1. The lowest BCUT2D eigenvalue weighted by molar-refractivity contribution is -0.140. The van der Waals surface area contributed by atoms with Gasteiger partial charge >= 0.3 is 6.18 Å². The number of alkyl halides is 3. The van der Waals surface area contributed by atoms with E-state index in [1.807, 2.05) is 12.1 Å². The predicted octanol–water partition coefficient (Wildman–Crippen LogP) is 3.04. The highest BCUT2D eigenvalue weighted by Gasteiger charge is 2.33. The van der Waals surface area contributed by atoms with Gasteiger partial charge < -0.3 is 20.1 Å². The summed E-state index contributed by atoms with van der Waals surface area (Å²) in [5, 5.41) is 7.34. The van der Waals surface area contributed by atoms with Crippen LogP contribution in [-0.2, 0) is 19.3 Å². The number of hydrogen-bond donors (Lipinski definition) is 2. The molecule has 0 aliphatic rings. The Kier molecular flexibility index (Phi) is 6.67. The van der Waals surface area contributed by atoms with Crippen LogP contribution in [0.25, 0.3) is 0 Å². The van der Waals surface area contributed by atoms with Gasteiger partial charge in [-0.1, -0.05) is 6.07 Å². The summed E-state index contributed by atoms with van der Waals surface area (Å²) >= 11 is 0.946. The number of guanidine groups is 1. The largest absolute Gasteiger partial charge is 0.493 e. The van der Waals surface area contributed by atoms with Gasteiger partial charge in [0.25, 0.3) is 0 Å². The van der Waals surface area contributed by atoms with Crippen molar-refractivity contribution >= 4 is 17.3 Å². The third-order valence-electron chi connectivity index (χ3n) is 3.38. The zero-order valence-corrected chi connectivity index (χ0v) is 15.3. The molecule has 2 rings (SSSR count). The smallest absolute Gasteiger partial charge is 0.434 e. The summed E-state index contributed by atoms with van der Waals surface area (Å²) in [5.74, 6) is 1.68. The maximum atomic E-state index is 12.6. The number of methoxy groups -OCH3 is 2. The third kappa shape index (κ3) is 5.25. The van der Waals surface area contributed by atoms with Crippen molar-refractivity contribution in [1.29, 1.82) is 0 Å². The maximum Gasteiger partial charge on any atom is 0.434 e. The van der Waals surface area contributed by atoms with Gasteiger partial charge in [-0.3, -0.25) is 4.99 Å². The summed E-state index contributed by atoms with van der Waals surface area (Å²) in [7, 11) is 4.69. The quantitative estimate of drug-likeness (QED) is 0.588. The number of nitrogens with zero attached hydrogens (tertiary/aromatic N) is 2. The highest BCUT2D eigenvalue weighted by Crippen LogP contribution is 2.30. The van der Waals surface area contributed by atoms with E-state index >= 15 is 0 Å². The summed E-state index contributed by atoms with van der Waals surface area (Å²) in [6, 6.07) is 5.49. The molecule has 2 aromatic rings. The number of nitrogens with one attached hydrogen (secondary N) is 2. The Morgan fingerprint density at radius 3 is 2.42 bits per heavy atom. The van der Waals surface area contributed by atoms with Gasteiger partial charge in [0.15, 0.2) is 23.2 Å². The van der Waals surface area contributed by atoms with Crippen LogP contribution in [0.15, 0.2) is 28.6 Å². The van der Waals surface area contributed by atoms with Crippen LogP contribution in [-0.4, -0.2) is 32.2 Å². The van der Waals surface area contributed by atoms with E-state index in [-0.39, 0.29) is 6.54 Å². The first-order valence-electron chi connectivity index (χ1n) is 7.54. The molecule has 0 saturated carbocycles. The van der Waals surface area contributed by atoms with Crippen LogP contribution in [0.1, 0.15) is 16.3 Å². The topological polar surface area (TPSA) is 67.8 Å². The highest BCUT2D eigenvalue weighted by molar-refractivity contribution is 7.09. The van der Waals surface area contributed by atoms with Crippen LogP contribution in [0, 0.1) is 0 Å². The highest BCUT2D eigenvalue weighted by atomic mass is 32.1. The molecule has 6 nitrogen and oxygen atoms in total. The van der Waals surface area contributed by atoms with E-state index < -0.39 is 11.9 Å². The Labute approximate surface area is 153 Å². The number of benzene rings is 1. The van der Waals surface area contributed by atoms with Gasteiger partial charge in [-0.25, -0.2) is 4.98 Å². The van der Waals surface area contributed by atoms with Crippen LogP contribution < -0.4 is 20.1 Å². The molecule has 10 heteroatoms. The molecular formula is C16H19F3N4O2S. The average Bonchev–Trinajstić information content (AvgIpc) is 3.11. The Hall–Kier alpha value is -2.49. The van der Waals surface area contributed by atoms with Crippen molar-refractivity contribution in [1.82, 2.24) is 15.6 Å². The number of halogens is 3. The average molecular weight is 388 g/mol. The van der Waals surface area contributed by atoms with Crippen LogP contribution in [0.5, 0.6) is 11.5 Å². The lowest BCUT2D eigenvalue weighted by Gasteiger charge is -2.13. The SMILES string of the molecule is CN=C(NCc1ccc(OC)c(OC)c1)NCc1nc(C(F)(F)F)cs1. The van der Waals surface area contributed by atoms with Gasteiger partial charge in [0, 0.05) is 19.0 Å². The van der Waals surface area contributed by atoms with Crippen molar-refractivity contribution in [2.24, 2.45) is 4.99 Å². The summed E-state index contributed by atoms with van der Waals surface area (Å²) in [4.78, 5) is 7.61. The minimum atomic E-state index is -4.43. The summed E-state index contributed by atoms with van der Waals surface area (Å²) in [5.41, 5.74) is 0.0479. The molecule has 26 heavy (non-hydrogen) atoms. The molecule has 0 spiro atoms. The molecule has 0 radical (unpaired) electrons. The summed E-state index contributed by atoms with van der Waals surface area (Å²) in [6.45, 7) is 0.595. The third-order valence-corrected chi connectivity index (χ3v) is 4.23. The van der Waals surface area contributed by atoms with Crippen molar-refractivity contribution in [3.05, 3.63) is 39.8 Å². The Morgan fingerprint density at radius 1 is 1.15 bits per heavy atom. The Bertz CT molecular complexity index is 762. The minimum absolute atomic E-state index is 0.145. The van der Waals surface area contributed by atoms with Crippen LogP contribution in [0.4, 0.5) is 13.2 Å². The van der Waals surface area contributed by atoms with E-state index in [0.717, 1.165) is 22.3 Å². The van der Waals surface area contributed by atoms with E-state index in [0.29, 0.717) is 29.0 Å². The molecule has 1 aromatic carbocycles. The van der Waals surface area contributed by atoms with Gasteiger partial charge in [0.1, 0.15) is 5.01 Å². The molecule has 0 atom stereocenters. The number of hydrogen-bond acceptors (Lipinski definition) is 5. The van der Waals surface area contributed by atoms with Gasteiger partial charge in [-0.2, -0.15) is 13.2 Å². The van der Waals surface area contributed by atoms with Gasteiger partial charge in [-0.15, -0.1) is 11.3 Å². The van der Waals surface area contributed by atoms with Crippen molar-refractivity contribution < 1.29 is 22.6 Å². The Balaban J connectivity index is 1.91. The molecule has 0 bridgehead atoms. The van der Waals surface area contributed by atoms with Crippen LogP contribution in [0.3, 0.4) is 0 Å². The monoisotopic (exact) mass is 388 g/mol.